The van der Waals surface area contributed by atoms with E-state index in [9.17, 15) is 9.59 Å². The van der Waals surface area contributed by atoms with Crippen LogP contribution in [-0.4, -0.2) is 24.7 Å². The number of rotatable bonds is 3. The molecule has 0 bridgehead atoms. The van der Waals surface area contributed by atoms with Crippen LogP contribution in [0.2, 0.25) is 0 Å². The summed E-state index contributed by atoms with van der Waals surface area (Å²) in [6.07, 6.45) is 5.88. The van der Waals surface area contributed by atoms with Crippen LogP contribution in [0.4, 0.5) is 0 Å². The van der Waals surface area contributed by atoms with Crippen LogP contribution in [0.15, 0.2) is 9.98 Å². The van der Waals surface area contributed by atoms with Gasteiger partial charge in [0.2, 0.25) is 12.2 Å². The van der Waals surface area contributed by atoms with Crippen molar-refractivity contribution in [1.82, 2.24) is 0 Å². The van der Waals surface area contributed by atoms with Crippen molar-refractivity contribution >= 4 is 12.2 Å². The van der Waals surface area contributed by atoms with Crippen molar-refractivity contribution in [3.05, 3.63) is 0 Å². The highest BCUT2D eigenvalue weighted by Gasteiger charge is 2.41. The van der Waals surface area contributed by atoms with Crippen LogP contribution in [0, 0.1) is 10.8 Å². The van der Waals surface area contributed by atoms with Gasteiger partial charge >= 0.3 is 0 Å². The van der Waals surface area contributed by atoms with Gasteiger partial charge in [0, 0.05) is 0 Å². The molecular weight excluding hydrogens is 204 g/mol. The maximum atomic E-state index is 10.3. The van der Waals surface area contributed by atoms with E-state index in [2.05, 4.69) is 30.8 Å². The molecule has 88 valence electrons. The number of carbonyl (C=O) groups excluding carboxylic acids is 2. The maximum absolute atomic E-state index is 10.3. The lowest BCUT2D eigenvalue weighted by Crippen LogP contribution is -2.39. The van der Waals surface area contributed by atoms with Gasteiger partial charge in [0.25, 0.3) is 0 Å². The Morgan fingerprint density at radius 3 is 2.44 bits per heavy atom. The molecule has 1 unspecified atom stereocenters. The summed E-state index contributed by atoms with van der Waals surface area (Å²) in [5, 5.41) is 0. The Morgan fingerprint density at radius 2 is 1.88 bits per heavy atom. The first kappa shape index (κ1) is 12.8. The summed E-state index contributed by atoms with van der Waals surface area (Å²) in [5.74, 6) is 0. The van der Waals surface area contributed by atoms with Crippen LogP contribution in [-0.2, 0) is 9.59 Å². The molecule has 0 aliphatic heterocycles. The monoisotopic (exact) mass is 222 g/mol. The molecule has 0 N–H and O–H groups in total. The highest BCUT2D eigenvalue weighted by Crippen LogP contribution is 2.47. The topological polar surface area (TPSA) is 58.9 Å². The van der Waals surface area contributed by atoms with Crippen LogP contribution in [0.25, 0.3) is 0 Å². The molecule has 1 rings (SSSR count). The van der Waals surface area contributed by atoms with Crippen LogP contribution in [0.1, 0.15) is 40.0 Å². The molecule has 0 aromatic carbocycles. The summed E-state index contributed by atoms with van der Waals surface area (Å²) in [6, 6.07) is 0.00750. The molecule has 4 heteroatoms. The maximum Gasteiger partial charge on any atom is 0.235 e. The van der Waals surface area contributed by atoms with Crippen molar-refractivity contribution in [1.29, 1.82) is 0 Å². The third kappa shape index (κ3) is 3.41. The normalized spacial score (nSPS) is 32.3. The average molecular weight is 222 g/mol. The second-order valence-electron chi connectivity index (χ2n) is 5.84. The molecule has 0 heterocycles. The number of hydrogen-bond acceptors (Lipinski definition) is 4. The fourth-order valence-electron chi connectivity index (χ4n) is 3.09. The zero-order chi connectivity index (χ0) is 12.2. The van der Waals surface area contributed by atoms with Gasteiger partial charge in [0.05, 0.1) is 12.6 Å². The number of isocyanates is 2. The van der Waals surface area contributed by atoms with E-state index in [0.717, 1.165) is 19.3 Å². The first-order valence-corrected chi connectivity index (χ1v) is 5.51. The summed E-state index contributed by atoms with van der Waals surface area (Å²) < 4.78 is 0. The zero-order valence-corrected chi connectivity index (χ0v) is 10.1. The van der Waals surface area contributed by atoms with E-state index in [-0.39, 0.29) is 16.9 Å². The Bertz CT molecular complexity index is 352. The molecule has 1 aliphatic rings. The predicted octanol–water partition coefficient (Wildman–Crippen LogP) is 2.24. The number of hydrogen-bond donors (Lipinski definition) is 0. The molecular formula is C12H18N2O2. The van der Waals surface area contributed by atoms with E-state index in [1.165, 1.54) is 0 Å². The Balaban J connectivity index is 2.85. The van der Waals surface area contributed by atoms with Gasteiger partial charge in [-0.3, -0.25) is 0 Å². The largest absolute Gasteiger partial charge is 0.235 e. The van der Waals surface area contributed by atoms with Crippen molar-refractivity contribution in [3.8, 4) is 0 Å². The summed E-state index contributed by atoms with van der Waals surface area (Å²) >= 11 is 0. The third-order valence-electron chi connectivity index (χ3n) is 3.18. The van der Waals surface area contributed by atoms with E-state index >= 15 is 0 Å². The first-order chi connectivity index (χ1) is 7.41. The molecule has 1 fully saturated rings. The lowest BCUT2D eigenvalue weighted by molar-refractivity contribution is 0.0915. The molecule has 1 aliphatic carbocycles. The van der Waals surface area contributed by atoms with Crippen LogP contribution in [0.3, 0.4) is 0 Å². The highest BCUT2D eigenvalue weighted by molar-refractivity contribution is 5.34. The Labute approximate surface area is 95.9 Å². The molecule has 0 spiro atoms. The van der Waals surface area contributed by atoms with Gasteiger partial charge in [-0.1, -0.05) is 20.8 Å². The predicted molar refractivity (Wildman–Crippen MR) is 60.6 cm³/mol. The Hall–Kier alpha value is -1.24. The van der Waals surface area contributed by atoms with E-state index in [4.69, 9.17) is 0 Å². The molecule has 0 saturated heterocycles. The van der Waals surface area contributed by atoms with Gasteiger partial charge in [-0.05, 0) is 30.1 Å². The van der Waals surface area contributed by atoms with Crippen LogP contribution >= 0.6 is 0 Å². The number of aliphatic imine (C=N–C) groups is 2. The molecule has 0 aromatic heterocycles. The van der Waals surface area contributed by atoms with Gasteiger partial charge in [-0.2, -0.15) is 0 Å². The Morgan fingerprint density at radius 1 is 1.19 bits per heavy atom. The molecule has 4 nitrogen and oxygen atoms in total. The molecule has 2 atom stereocenters. The van der Waals surface area contributed by atoms with Crippen molar-refractivity contribution in [3.63, 3.8) is 0 Å². The van der Waals surface area contributed by atoms with Gasteiger partial charge in [-0.25, -0.2) is 19.6 Å². The smallest absolute Gasteiger partial charge is 0.211 e. The summed E-state index contributed by atoms with van der Waals surface area (Å²) in [7, 11) is 0. The Kier molecular flexibility index (Phi) is 3.79. The van der Waals surface area contributed by atoms with Crippen molar-refractivity contribution in [2.24, 2.45) is 20.8 Å². The van der Waals surface area contributed by atoms with Crippen molar-refractivity contribution in [2.45, 2.75) is 46.1 Å². The molecule has 0 aromatic rings. The SMILES string of the molecule is CC1(C)C[C@H](N=C=O)CC(C)(CN=C=O)C1. The lowest BCUT2D eigenvalue weighted by Gasteiger charge is -2.44. The molecule has 1 saturated carbocycles. The number of nitrogens with zero attached hydrogens (tertiary/aromatic N) is 2. The second-order valence-corrected chi connectivity index (χ2v) is 5.84. The molecule has 0 amide bonds. The average Bonchev–Trinajstić information content (AvgIpc) is 2.12. The van der Waals surface area contributed by atoms with E-state index < -0.39 is 0 Å². The van der Waals surface area contributed by atoms with Crippen molar-refractivity contribution < 1.29 is 9.59 Å². The molecule has 16 heavy (non-hydrogen) atoms. The minimum Gasteiger partial charge on any atom is -0.211 e. The van der Waals surface area contributed by atoms with Crippen molar-refractivity contribution in [2.75, 3.05) is 6.54 Å². The highest BCUT2D eigenvalue weighted by atomic mass is 16.1. The van der Waals surface area contributed by atoms with E-state index in [1.54, 1.807) is 12.2 Å². The fourth-order valence-corrected chi connectivity index (χ4v) is 3.09. The van der Waals surface area contributed by atoms with Crippen LogP contribution in [0.5, 0.6) is 0 Å². The van der Waals surface area contributed by atoms with Gasteiger partial charge in [0.15, 0.2) is 0 Å². The first-order valence-electron chi connectivity index (χ1n) is 5.51. The summed E-state index contributed by atoms with van der Waals surface area (Å²) in [5.41, 5.74) is 0.0561. The second kappa shape index (κ2) is 4.73. The third-order valence-corrected chi connectivity index (χ3v) is 3.18. The van der Waals surface area contributed by atoms with E-state index in [1.807, 2.05) is 0 Å². The van der Waals surface area contributed by atoms with Crippen LogP contribution < -0.4 is 0 Å². The molecule has 0 radical (unpaired) electrons. The zero-order valence-electron chi connectivity index (χ0n) is 10.1. The lowest BCUT2D eigenvalue weighted by atomic mass is 9.63. The fraction of sp³-hybridized carbons (Fsp3) is 0.833. The minimum atomic E-state index is -0.0653. The summed E-state index contributed by atoms with van der Waals surface area (Å²) in [6.45, 7) is 6.86. The minimum absolute atomic E-state index is 0.00750. The van der Waals surface area contributed by atoms with Gasteiger partial charge in [0.1, 0.15) is 0 Å². The van der Waals surface area contributed by atoms with E-state index in [0.29, 0.717) is 6.54 Å². The quantitative estimate of drug-likeness (QED) is 0.543. The summed E-state index contributed by atoms with van der Waals surface area (Å²) in [4.78, 5) is 28.0. The van der Waals surface area contributed by atoms with Gasteiger partial charge in [-0.15, -0.1) is 0 Å². The standard InChI is InChI=1S/C12H18N2O2/c1-11(2)4-10(14-9-16)5-12(3,6-11)7-13-8-15/h10H,4-7H2,1-3H3/t10-,12?/m0/s1. The van der Waals surface area contributed by atoms with Gasteiger partial charge < -0.3 is 0 Å².